The Labute approximate surface area is 110 Å². The van der Waals surface area contributed by atoms with Gasteiger partial charge in [0.25, 0.3) is 5.91 Å². The predicted molar refractivity (Wildman–Crippen MR) is 72.8 cm³/mol. The van der Waals surface area contributed by atoms with E-state index >= 15 is 0 Å². The molecule has 0 aromatic heterocycles. The molecule has 1 aliphatic carbocycles. The molecule has 0 spiro atoms. The van der Waals surface area contributed by atoms with E-state index in [-0.39, 0.29) is 5.91 Å². The van der Waals surface area contributed by atoms with E-state index in [4.69, 9.17) is 5.73 Å². The average Bonchev–Trinajstić information content (AvgIpc) is 2.68. The van der Waals surface area contributed by atoms with Crippen LogP contribution in [0.25, 0.3) is 0 Å². The van der Waals surface area contributed by atoms with E-state index in [1.165, 1.54) is 6.42 Å². The minimum Gasteiger partial charge on any atom is -0.398 e. The van der Waals surface area contributed by atoms with Crippen molar-refractivity contribution in [2.24, 2.45) is 5.92 Å². The maximum Gasteiger partial charge on any atom is 0.252 e. The Hall–Kier alpha value is -1.03. The molecule has 1 saturated carbocycles. The number of hydrogen-bond donors (Lipinski definition) is 2. The molecule has 1 aromatic carbocycles. The van der Waals surface area contributed by atoms with Gasteiger partial charge in [0.15, 0.2) is 0 Å². The number of nitrogens with two attached hydrogens (primary N) is 1. The fraction of sp³-hybridized carbons (Fsp3) is 0.462. The molecule has 17 heavy (non-hydrogen) atoms. The van der Waals surface area contributed by atoms with Gasteiger partial charge in [0, 0.05) is 11.7 Å². The average molecular weight is 297 g/mol. The highest BCUT2D eigenvalue weighted by molar-refractivity contribution is 9.10. The lowest BCUT2D eigenvalue weighted by atomic mass is 10.1. The zero-order chi connectivity index (χ0) is 12.4. The van der Waals surface area contributed by atoms with Crippen molar-refractivity contribution in [2.75, 3.05) is 5.73 Å². The summed E-state index contributed by atoms with van der Waals surface area (Å²) in [5.41, 5.74) is 6.97. The first-order chi connectivity index (χ1) is 8.08. The van der Waals surface area contributed by atoms with Gasteiger partial charge in [-0.1, -0.05) is 13.0 Å². The van der Waals surface area contributed by atoms with Crippen molar-refractivity contribution < 1.29 is 4.79 Å². The fourth-order valence-corrected chi connectivity index (χ4v) is 2.77. The third kappa shape index (κ3) is 2.80. The summed E-state index contributed by atoms with van der Waals surface area (Å²) in [4.78, 5) is 12.1. The van der Waals surface area contributed by atoms with Crippen LogP contribution in [0.15, 0.2) is 22.7 Å². The maximum atomic E-state index is 12.1. The molecule has 1 amide bonds. The molecule has 0 radical (unpaired) electrons. The molecule has 0 heterocycles. The molecule has 2 atom stereocenters. The second-order valence-corrected chi connectivity index (χ2v) is 5.59. The topological polar surface area (TPSA) is 55.1 Å². The van der Waals surface area contributed by atoms with Crippen LogP contribution in [0.4, 0.5) is 5.69 Å². The minimum absolute atomic E-state index is 0.0386. The summed E-state index contributed by atoms with van der Waals surface area (Å²) in [5, 5.41) is 3.07. The third-order valence-electron chi connectivity index (χ3n) is 3.30. The van der Waals surface area contributed by atoms with Gasteiger partial charge >= 0.3 is 0 Å². The molecule has 1 fully saturated rings. The lowest BCUT2D eigenvalue weighted by molar-refractivity contribution is 0.0936. The van der Waals surface area contributed by atoms with Crippen LogP contribution < -0.4 is 11.1 Å². The normalized spacial score (nSPS) is 23.6. The summed E-state index contributed by atoms with van der Waals surface area (Å²) >= 11 is 3.36. The van der Waals surface area contributed by atoms with Gasteiger partial charge < -0.3 is 11.1 Å². The molecule has 0 bridgehead atoms. The summed E-state index contributed by atoms with van der Waals surface area (Å²) in [5.74, 6) is 0.674. The van der Waals surface area contributed by atoms with Gasteiger partial charge in [-0.15, -0.1) is 0 Å². The summed E-state index contributed by atoms with van der Waals surface area (Å²) < 4.78 is 0.684. The van der Waals surface area contributed by atoms with Gasteiger partial charge in [-0.2, -0.15) is 0 Å². The number of nitrogens with one attached hydrogen (secondary N) is 1. The molecule has 3 N–H and O–H groups in total. The first-order valence-corrected chi connectivity index (χ1v) is 6.72. The number of benzene rings is 1. The molecule has 92 valence electrons. The zero-order valence-electron chi connectivity index (χ0n) is 9.87. The molecule has 0 aliphatic heterocycles. The molecule has 2 unspecified atom stereocenters. The summed E-state index contributed by atoms with van der Waals surface area (Å²) in [6.45, 7) is 2.22. The van der Waals surface area contributed by atoms with Crippen molar-refractivity contribution in [3.05, 3.63) is 28.2 Å². The van der Waals surface area contributed by atoms with Crippen molar-refractivity contribution in [3.8, 4) is 0 Å². The Morgan fingerprint density at radius 1 is 1.47 bits per heavy atom. The maximum absolute atomic E-state index is 12.1. The molecular weight excluding hydrogens is 280 g/mol. The smallest absolute Gasteiger partial charge is 0.252 e. The molecule has 4 heteroatoms. The van der Waals surface area contributed by atoms with E-state index in [2.05, 4.69) is 28.2 Å². The number of carbonyl (C=O) groups is 1. The van der Waals surface area contributed by atoms with Crippen LogP contribution in [-0.2, 0) is 0 Å². The van der Waals surface area contributed by atoms with E-state index in [0.29, 0.717) is 27.7 Å². The highest BCUT2D eigenvalue weighted by Crippen LogP contribution is 2.27. The van der Waals surface area contributed by atoms with Crippen LogP contribution in [0.2, 0.25) is 0 Å². The first kappa shape index (κ1) is 12.4. The number of rotatable bonds is 2. The van der Waals surface area contributed by atoms with Crippen molar-refractivity contribution in [1.82, 2.24) is 5.32 Å². The number of halogens is 1. The van der Waals surface area contributed by atoms with Crippen molar-refractivity contribution in [1.29, 1.82) is 0 Å². The van der Waals surface area contributed by atoms with Gasteiger partial charge in [0.05, 0.1) is 10.0 Å². The molecule has 3 nitrogen and oxygen atoms in total. The summed E-state index contributed by atoms with van der Waals surface area (Å²) in [6.07, 6.45) is 3.35. The van der Waals surface area contributed by atoms with Crippen LogP contribution >= 0.6 is 15.9 Å². The standard InChI is InChI=1S/C13H17BrN2O/c1-8-5-6-9(7-8)16-13(17)10-3-2-4-11(15)12(10)14/h2-4,8-9H,5-7,15H2,1H3,(H,16,17). The largest absolute Gasteiger partial charge is 0.398 e. The monoisotopic (exact) mass is 296 g/mol. The van der Waals surface area contributed by atoms with Crippen LogP contribution in [-0.4, -0.2) is 11.9 Å². The molecule has 0 saturated heterocycles. The Bertz CT molecular complexity index is 433. The van der Waals surface area contributed by atoms with E-state index in [1.807, 2.05) is 0 Å². The molecule has 2 rings (SSSR count). The second-order valence-electron chi connectivity index (χ2n) is 4.80. The lowest BCUT2D eigenvalue weighted by Crippen LogP contribution is -2.33. The number of carbonyl (C=O) groups excluding carboxylic acids is 1. The van der Waals surface area contributed by atoms with Crippen LogP contribution in [0.5, 0.6) is 0 Å². The van der Waals surface area contributed by atoms with Crippen molar-refractivity contribution >= 4 is 27.5 Å². The van der Waals surface area contributed by atoms with Gasteiger partial charge in [-0.25, -0.2) is 0 Å². The van der Waals surface area contributed by atoms with Crippen molar-refractivity contribution in [2.45, 2.75) is 32.2 Å². The quantitative estimate of drug-likeness (QED) is 0.825. The van der Waals surface area contributed by atoms with E-state index in [9.17, 15) is 4.79 Å². The van der Waals surface area contributed by atoms with Crippen LogP contribution in [0.1, 0.15) is 36.5 Å². The van der Waals surface area contributed by atoms with E-state index in [0.717, 1.165) is 12.8 Å². The Morgan fingerprint density at radius 2 is 2.24 bits per heavy atom. The lowest BCUT2D eigenvalue weighted by Gasteiger charge is -2.13. The molecule has 1 aromatic rings. The van der Waals surface area contributed by atoms with E-state index in [1.54, 1.807) is 18.2 Å². The summed E-state index contributed by atoms with van der Waals surface area (Å²) in [6, 6.07) is 5.67. The highest BCUT2D eigenvalue weighted by Gasteiger charge is 2.23. The number of hydrogen-bond acceptors (Lipinski definition) is 2. The third-order valence-corrected chi connectivity index (χ3v) is 4.19. The Balaban J connectivity index is 2.07. The molecular formula is C13H17BrN2O. The van der Waals surface area contributed by atoms with Gasteiger partial charge in [-0.3, -0.25) is 4.79 Å². The van der Waals surface area contributed by atoms with Crippen molar-refractivity contribution in [3.63, 3.8) is 0 Å². The Morgan fingerprint density at radius 3 is 2.88 bits per heavy atom. The number of nitrogen functional groups attached to an aromatic ring is 1. The number of amides is 1. The highest BCUT2D eigenvalue weighted by atomic mass is 79.9. The van der Waals surface area contributed by atoms with Crippen LogP contribution in [0, 0.1) is 5.92 Å². The van der Waals surface area contributed by atoms with Gasteiger partial charge in [0.1, 0.15) is 0 Å². The summed E-state index contributed by atoms with van der Waals surface area (Å²) in [7, 11) is 0. The first-order valence-electron chi connectivity index (χ1n) is 5.92. The van der Waals surface area contributed by atoms with E-state index < -0.39 is 0 Å². The fourth-order valence-electron chi connectivity index (χ4n) is 2.33. The number of anilines is 1. The second kappa shape index (κ2) is 5.08. The van der Waals surface area contributed by atoms with Gasteiger partial charge in [0.2, 0.25) is 0 Å². The Kier molecular flexibility index (Phi) is 3.72. The van der Waals surface area contributed by atoms with Gasteiger partial charge in [-0.05, 0) is 53.2 Å². The predicted octanol–water partition coefficient (Wildman–Crippen LogP) is 2.95. The SMILES string of the molecule is CC1CCC(NC(=O)c2cccc(N)c2Br)C1. The minimum atomic E-state index is -0.0386. The molecule has 1 aliphatic rings. The zero-order valence-corrected chi connectivity index (χ0v) is 11.5. The van der Waals surface area contributed by atoms with Crippen LogP contribution in [0.3, 0.4) is 0 Å².